The van der Waals surface area contributed by atoms with E-state index in [1.54, 1.807) is 7.11 Å². The zero-order valence-electron chi connectivity index (χ0n) is 13.9. The SMILES string of the molecule is COCc1cccc(CNC2CCC(C(F)(F)F)N(C(C)=O)C2)c1. The first-order valence-electron chi connectivity index (χ1n) is 7.95. The van der Waals surface area contributed by atoms with Gasteiger partial charge in [-0.15, -0.1) is 0 Å². The zero-order valence-corrected chi connectivity index (χ0v) is 13.9. The van der Waals surface area contributed by atoms with E-state index in [0.29, 0.717) is 19.6 Å². The van der Waals surface area contributed by atoms with Gasteiger partial charge in [0.05, 0.1) is 6.61 Å². The average molecular weight is 344 g/mol. The number of carbonyl (C=O) groups excluding carboxylic acids is 1. The molecule has 1 saturated heterocycles. The highest BCUT2D eigenvalue weighted by Gasteiger charge is 2.47. The lowest BCUT2D eigenvalue weighted by molar-refractivity contribution is -0.196. The maximum absolute atomic E-state index is 13.0. The fraction of sp³-hybridized carbons (Fsp3) is 0.588. The molecule has 7 heteroatoms. The van der Waals surface area contributed by atoms with Crippen LogP contribution in [0.3, 0.4) is 0 Å². The highest BCUT2D eigenvalue weighted by atomic mass is 19.4. The number of methoxy groups -OCH3 is 1. The average Bonchev–Trinajstić information content (AvgIpc) is 2.52. The molecular formula is C17H23F3N2O2. The van der Waals surface area contributed by atoms with E-state index < -0.39 is 18.1 Å². The molecule has 2 unspecified atom stereocenters. The molecule has 1 amide bonds. The van der Waals surface area contributed by atoms with E-state index in [1.807, 2.05) is 24.3 Å². The number of benzene rings is 1. The van der Waals surface area contributed by atoms with Crippen molar-refractivity contribution < 1.29 is 22.7 Å². The third kappa shape index (κ3) is 4.95. The van der Waals surface area contributed by atoms with E-state index >= 15 is 0 Å². The predicted molar refractivity (Wildman–Crippen MR) is 84.2 cm³/mol. The van der Waals surface area contributed by atoms with Gasteiger partial charge in [0.2, 0.25) is 5.91 Å². The van der Waals surface area contributed by atoms with Crippen LogP contribution in [-0.2, 0) is 22.7 Å². The monoisotopic (exact) mass is 344 g/mol. The molecule has 1 aliphatic heterocycles. The number of hydrogen-bond donors (Lipinski definition) is 1. The van der Waals surface area contributed by atoms with Gasteiger partial charge in [-0.3, -0.25) is 4.79 Å². The summed E-state index contributed by atoms with van der Waals surface area (Å²) >= 11 is 0. The first-order chi connectivity index (χ1) is 11.3. The number of amides is 1. The Morgan fingerprint density at radius 3 is 2.67 bits per heavy atom. The number of rotatable bonds is 5. The van der Waals surface area contributed by atoms with E-state index in [2.05, 4.69) is 5.32 Å². The molecule has 2 atom stereocenters. The van der Waals surface area contributed by atoms with Crippen molar-refractivity contribution in [2.75, 3.05) is 13.7 Å². The molecule has 2 rings (SSSR count). The predicted octanol–water partition coefficient (Wildman–Crippen LogP) is 2.86. The number of carbonyl (C=O) groups is 1. The lowest BCUT2D eigenvalue weighted by Crippen LogP contribution is -2.57. The number of nitrogens with zero attached hydrogens (tertiary/aromatic N) is 1. The number of halogens is 3. The fourth-order valence-corrected chi connectivity index (χ4v) is 3.08. The molecule has 134 valence electrons. The third-order valence-corrected chi connectivity index (χ3v) is 4.26. The summed E-state index contributed by atoms with van der Waals surface area (Å²) in [6.07, 6.45) is -4.04. The number of likely N-dealkylation sites (tertiary alicyclic amines) is 1. The molecule has 1 aromatic rings. The van der Waals surface area contributed by atoms with Crippen molar-refractivity contribution in [3.05, 3.63) is 35.4 Å². The van der Waals surface area contributed by atoms with Crippen molar-refractivity contribution in [2.45, 2.75) is 51.2 Å². The van der Waals surface area contributed by atoms with Crippen molar-refractivity contribution in [2.24, 2.45) is 0 Å². The van der Waals surface area contributed by atoms with Gasteiger partial charge in [-0.25, -0.2) is 0 Å². The summed E-state index contributed by atoms with van der Waals surface area (Å²) in [7, 11) is 1.63. The van der Waals surface area contributed by atoms with Gasteiger partial charge in [-0.05, 0) is 24.0 Å². The summed E-state index contributed by atoms with van der Waals surface area (Å²) in [5, 5.41) is 3.26. The summed E-state index contributed by atoms with van der Waals surface area (Å²) < 4.78 is 44.2. The maximum Gasteiger partial charge on any atom is 0.408 e. The molecule has 0 radical (unpaired) electrons. The Kier molecular flexibility index (Phi) is 6.23. The molecule has 1 heterocycles. The minimum absolute atomic E-state index is 0.0650. The van der Waals surface area contributed by atoms with Crippen LogP contribution in [0, 0.1) is 0 Å². The van der Waals surface area contributed by atoms with Gasteiger partial charge in [0, 0.05) is 33.2 Å². The minimum atomic E-state index is -4.37. The van der Waals surface area contributed by atoms with E-state index in [0.717, 1.165) is 16.0 Å². The highest BCUT2D eigenvalue weighted by molar-refractivity contribution is 5.74. The van der Waals surface area contributed by atoms with Gasteiger partial charge in [-0.1, -0.05) is 24.3 Å². The highest BCUT2D eigenvalue weighted by Crippen LogP contribution is 2.32. The summed E-state index contributed by atoms with van der Waals surface area (Å²) in [4.78, 5) is 12.5. The van der Waals surface area contributed by atoms with Crippen molar-refractivity contribution in [3.63, 3.8) is 0 Å². The van der Waals surface area contributed by atoms with Gasteiger partial charge in [0.25, 0.3) is 0 Å². The molecule has 0 aliphatic carbocycles. The molecule has 1 fully saturated rings. The Bertz CT molecular complexity index is 563. The standard InChI is InChI=1S/C17H23F3N2O2/c1-12(23)22-10-15(6-7-16(22)17(18,19)20)21-9-13-4-3-5-14(8-13)11-24-2/h3-5,8,15-16,21H,6-7,9-11H2,1-2H3. The van der Waals surface area contributed by atoms with Gasteiger partial charge >= 0.3 is 6.18 Å². The second kappa shape index (κ2) is 7.98. The lowest BCUT2D eigenvalue weighted by atomic mass is 9.97. The second-order valence-corrected chi connectivity index (χ2v) is 6.14. The Balaban J connectivity index is 1.94. The van der Waals surface area contributed by atoms with E-state index in [4.69, 9.17) is 4.74 Å². The third-order valence-electron chi connectivity index (χ3n) is 4.26. The minimum Gasteiger partial charge on any atom is -0.380 e. The lowest BCUT2D eigenvalue weighted by Gasteiger charge is -2.40. The van der Waals surface area contributed by atoms with Crippen LogP contribution in [0.25, 0.3) is 0 Å². The Labute approximate surface area is 140 Å². The molecular weight excluding hydrogens is 321 g/mol. The number of piperidine rings is 1. The molecule has 1 aromatic carbocycles. The summed E-state index contributed by atoms with van der Waals surface area (Å²) in [5.74, 6) is -0.536. The zero-order chi connectivity index (χ0) is 17.7. The molecule has 24 heavy (non-hydrogen) atoms. The summed E-state index contributed by atoms with van der Waals surface area (Å²) in [6, 6.07) is 6.03. The van der Waals surface area contributed by atoms with Gasteiger partial charge < -0.3 is 15.0 Å². The van der Waals surface area contributed by atoms with Crippen molar-refractivity contribution >= 4 is 5.91 Å². The summed E-state index contributed by atoms with van der Waals surface area (Å²) in [6.45, 7) is 2.33. The van der Waals surface area contributed by atoms with Crippen LogP contribution in [0.4, 0.5) is 13.2 Å². The topological polar surface area (TPSA) is 41.6 Å². The van der Waals surface area contributed by atoms with E-state index in [-0.39, 0.29) is 19.0 Å². The van der Waals surface area contributed by atoms with Gasteiger partial charge in [0.15, 0.2) is 0 Å². The van der Waals surface area contributed by atoms with Crippen molar-refractivity contribution in [1.82, 2.24) is 10.2 Å². The summed E-state index contributed by atoms with van der Waals surface area (Å²) in [5.41, 5.74) is 2.08. The number of ether oxygens (including phenoxy) is 1. The Morgan fingerprint density at radius 2 is 2.04 bits per heavy atom. The van der Waals surface area contributed by atoms with E-state index in [9.17, 15) is 18.0 Å². The van der Waals surface area contributed by atoms with Crippen LogP contribution < -0.4 is 5.32 Å². The van der Waals surface area contributed by atoms with Crippen LogP contribution in [0.2, 0.25) is 0 Å². The molecule has 0 saturated carbocycles. The quantitative estimate of drug-likeness (QED) is 0.893. The molecule has 0 aromatic heterocycles. The number of nitrogens with one attached hydrogen (secondary N) is 1. The molecule has 0 spiro atoms. The maximum atomic E-state index is 13.0. The normalized spacial score (nSPS) is 21.8. The Morgan fingerprint density at radius 1 is 1.33 bits per heavy atom. The van der Waals surface area contributed by atoms with Crippen molar-refractivity contribution in [1.29, 1.82) is 0 Å². The molecule has 0 bridgehead atoms. The number of hydrogen-bond acceptors (Lipinski definition) is 3. The van der Waals surface area contributed by atoms with Crippen LogP contribution in [0.1, 0.15) is 30.9 Å². The fourth-order valence-electron chi connectivity index (χ4n) is 3.08. The van der Waals surface area contributed by atoms with Crippen molar-refractivity contribution in [3.8, 4) is 0 Å². The first kappa shape index (κ1) is 18.7. The van der Waals surface area contributed by atoms with Crippen LogP contribution in [-0.4, -0.2) is 42.7 Å². The van der Waals surface area contributed by atoms with E-state index in [1.165, 1.54) is 6.92 Å². The Hall–Kier alpha value is -1.60. The van der Waals surface area contributed by atoms with Crippen LogP contribution >= 0.6 is 0 Å². The second-order valence-electron chi connectivity index (χ2n) is 6.14. The molecule has 1 aliphatic rings. The molecule has 1 N–H and O–H groups in total. The molecule has 4 nitrogen and oxygen atoms in total. The largest absolute Gasteiger partial charge is 0.408 e. The smallest absolute Gasteiger partial charge is 0.380 e. The number of alkyl halides is 3. The van der Waals surface area contributed by atoms with Crippen LogP contribution in [0.15, 0.2) is 24.3 Å². The van der Waals surface area contributed by atoms with Gasteiger partial charge in [-0.2, -0.15) is 13.2 Å². The van der Waals surface area contributed by atoms with Crippen LogP contribution in [0.5, 0.6) is 0 Å². The van der Waals surface area contributed by atoms with Gasteiger partial charge in [0.1, 0.15) is 6.04 Å². The first-order valence-corrected chi connectivity index (χ1v) is 7.95.